The normalized spacial score (nSPS) is 19.4. The minimum absolute atomic E-state index is 0.241. The van der Waals surface area contributed by atoms with E-state index in [4.69, 9.17) is 0 Å². The molecule has 0 aromatic heterocycles. The van der Waals surface area contributed by atoms with Crippen LogP contribution in [0.5, 0.6) is 0 Å². The Hall–Kier alpha value is -0.810. The van der Waals surface area contributed by atoms with Gasteiger partial charge >= 0.3 is 6.09 Å². The number of nitrogens with one attached hydrogen (secondary N) is 1. The Morgan fingerprint density at radius 2 is 2.00 bits per heavy atom. The number of rotatable bonds is 2. The van der Waals surface area contributed by atoms with E-state index in [0.29, 0.717) is 0 Å². The van der Waals surface area contributed by atoms with E-state index in [1.165, 1.54) is 7.11 Å². The van der Waals surface area contributed by atoms with Gasteiger partial charge in [-0.1, -0.05) is 0 Å². The molecule has 0 aliphatic carbocycles. The molecule has 0 unspecified atom stereocenters. The number of carbonyl (C=O) groups is 1. The van der Waals surface area contributed by atoms with Gasteiger partial charge in [-0.3, -0.25) is 4.59 Å². The molecule has 0 radical (unpaired) electrons. The molecule has 0 aromatic carbocycles. The van der Waals surface area contributed by atoms with Crippen LogP contribution in [0.2, 0.25) is 0 Å². The lowest BCUT2D eigenvalue weighted by atomic mass is 10.1. The second kappa shape index (κ2) is 3.51. The van der Waals surface area contributed by atoms with Crippen molar-refractivity contribution in [2.24, 2.45) is 0 Å². The monoisotopic (exact) mass is 188 g/mol. The SMILES string of the molecule is COC(=O)NC1CN([N+](C)(C)C)C1. The number of ether oxygens (including phenoxy) is 1. The average molecular weight is 188 g/mol. The van der Waals surface area contributed by atoms with E-state index in [9.17, 15) is 4.79 Å². The molecule has 76 valence electrons. The van der Waals surface area contributed by atoms with Gasteiger partial charge in [-0.2, -0.15) is 5.01 Å². The highest BCUT2D eigenvalue weighted by Crippen LogP contribution is 2.13. The summed E-state index contributed by atoms with van der Waals surface area (Å²) in [6.45, 7) is 1.78. The third-order valence-electron chi connectivity index (χ3n) is 2.22. The van der Waals surface area contributed by atoms with Crippen molar-refractivity contribution >= 4 is 6.09 Å². The van der Waals surface area contributed by atoms with Crippen molar-refractivity contribution in [2.75, 3.05) is 41.3 Å². The second-order valence-corrected chi connectivity index (χ2v) is 4.15. The van der Waals surface area contributed by atoms with Crippen molar-refractivity contribution < 1.29 is 14.1 Å². The molecular formula is C8H18N3O2+. The standard InChI is InChI=1S/C8H17N3O2/c1-11(2,3)10-5-7(6-10)9-8(12)13-4/h7H,5-6H2,1-4H3/p+1. The van der Waals surface area contributed by atoms with Crippen molar-refractivity contribution in [2.45, 2.75) is 6.04 Å². The number of quaternary nitrogens is 1. The number of carbonyl (C=O) groups excluding carboxylic acids is 1. The summed E-state index contributed by atoms with van der Waals surface area (Å²) in [7, 11) is 7.70. The highest BCUT2D eigenvalue weighted by Gasteiger charge is 2.36. The van der Waals surface area contributed by atoms with Crippen LogP contribution in [0, 0.1) is 0 Å². The summed E-state index contributed by atoms with van der Waals surface area (Å²) in [5, 5.41) is 5.01. The summed E-state index contributed by atoms with van der Waals surface area (Å²) in [6.07, 6.45) is -0.342. The highest BCUT2D eigenvalue weighted by atomic mass is 16.5. The lowest BCUT2D eigenvalue weighted by molar-refractivity contribution is -0.994. The maximum absolute atomic E-state index is 10.8. The van der Waals surface area contributed by atoms with Crippen LogP contribution in [0.25, 0.3) is 0 Å². The lowest BCUT2D eigenvalue weighted by Gasteiger charge is -2.46. The van der Waals surface area contributed by atoms with E-state index < -0.39 is 0 Å². The molecule has 1 aliphatic rings. The molecule has 1 fully saturated rings. The predicted octanol–water partition coefficient (Wildman–Crippen LogP) is -0.352. The third-order valence-corrected chi connectivity index (χ3v) is 2.22. The summed E-state index contributed by atoms with van der Waals surface area (Å²) in [6, 6.07) is 0.241. The largest absolute Gasteiger partial charge is 0.453 e. The van der Waals surface area contributed by atoms with Gasteiger partial charge in [0.15, 0.2) is 0 Å². The van der Waals surface area contributed by atoms with Crippen molar-refractivity contribution in [3.8, 4) is 0 Å². The van der Waals surface area contributed by atoms with E-state index in [0.717, 1.165) is 17.7 Å². The molecule has 1 aliphatic heterocycles. The van der Waals surface area contributed by atoms with Crippen LogP contribution in [0.15, 0.2) is 0 Å². The molecule has 1 amide bonds. The van der Waals surface area contributed by atoms with E-state index >= 15 is 0 Å². The number of methoxy groups -OCH3 is 1. The average Bonchev–Trinajstić information content (AvgIpc) is 1.92. The van der Waals surface area contributed by atoms with Crippen LogP contribution >= 0.6 is 0 Å². The molecule has 13 heavy (non-hydrogen) atoms. The van der Waals surface area contributed by atoms with E-state index in [1.807, 2.05) is 0 Å². The van der Waals surface area contributed by atoms with Gasteiger partial charge in [-0.05, 0) is 0 Å². The van der Waals surface area contributed by atoms with Crippen molar-refractivity contribution in [3.05, 3.63) is 0 Å². The smallest absolute Gasteiger partial charge is 0.407 e. The summed E-state index contributed by atoms with van der Waals surface area (Å²) >= 11 is 0. The second-order valence-electron chi connectivity index (χ2n) is 4.15. The van der Waals surface area contributed by atoms with Gasteiger partial charge in [0.25, 0.3) is 0 Å². The highest BCUT2D eigenvalue weighted by molar-refractivity contribution is 5.67. The molecule has 1 saturated heterocycles. The van der Waals surface area contributed by atoms with Crippen LogP contribution < -0.4 is 5.32 Å². The fourth-order valence-electron chi connectivity index (χ4n) is 1.26. The zero-order valence-electron chi connectivity index (χ0n) is 8.70. The van der Waals surface area contributed by atoms with Crippen molar-refractivity contribution in [1.29, 1.82) is 0 Å². The minimum Gasteiger partial charge on any atom is -0.453 e. The first-order valence-electron chi connectivity index (χ1n) is 4.35. The van der Waals surface area contributed by atoms with Crippen LogP contribution in [0.4, 0.5) is 4.79 Å². The first-order chi connectivity index (χ1) is 5.93. The van der Waals surface area contributed by atoms with Crippen molar-refractivity contribution in [1.82, 2.24) is 10.3 Å². The Morgan fingerprint density at radius 1 is 1.46 bits per heavy atom. The first kappa shape index (κ1) is 10.3. The number of hydrogen-bond acceptors (Lipinski definition) is 3. The van der Waals surface area contributed by atoms with Crippen LogP contribution in [-0.4, -0.2) is 63.1 Å². The molecule has 0 bridgehead atoms. The van der Waals surface area contributed by atoms with E-state index in [1.54, 1.807) is 0 Å². The third kappa shape index (κ3) is 2.57. The Balaban J connectivity index is 2.22. The van der Waals surface area contributed by atoms with Gasteiger partial charge < -0.3 is 10.1 Å². The summed E-state index contributed by atoms with van der Waals surface area (Å²) in [4.78, 5) is 10.8. The van der Waals surface area contributed by atoms with Crippen LogP contribution in [0.1, 0.15) is 0 Å². The maximum Gasteiger partial charge on any atom is 0.407 e. The van der Waals surface area contributed by atoms with Gasteiger partial charge in [-0.25, -0.2) is 4.79 Å². The molecule has 1 N–H and O–H groups in total. The van der Waals surface area contributed by atoms with Gasteiger partial charge in [-0.15, -0.1) is 0 Å². The molecule has 5 heteroatoms. The number of amides is 1. The topological polar surface area (TPSA) is 41.6 Å². The maximum atomic E-state index is 10.8. The summed E-state index contributed by atoms with van der Waals surface area (Å²) < 4.78 is 5.31. The lowest BCUT2D eigenvalue weighted by Crippen LogP contribution is -2.68. The van der Waals surface area contributed by atoms with Gasteiger partial charge in [0, 0.05) is 0 Å². The quantitative estimate of drug-likeness (QED) is 0.602. The van der Waals surface area contributed by atoms with Crippen LogP contribution in [-0.2, 0) is 4.74 Å². The Bertz CT molecular complexity index is 194. The fourth-order valence-corrected chi connectivity index (χ4v) is 1.26. The van der Waals surface area contributed by atoms with Crippen molar-refractivity contribution in [3.63, 3.8) is 0 Å². The van der Waals surface area contributed by atoms with E-state index in [2.05, 4.69) is 36.2 Å². The zero-order valence-corrected chi connectivity index (χ0v) is 8.70. The molecule has 0 spiro atoms. The Kier molecular flexibility index (Phi) is 2.77. The number of hydrogen-bond donors (Lipinski definition) is 1. The molecule has 0 atom stereocenters. The molecular weight excluding hydrogens is 170 g/mol. The fraction of sp³-hybridized carbons (Fsp3) is 0.875. The minimum atomic E-state index is -0.342. The Labute approximate surface area is 78.8 Å². The van der Waals surface area contributed by atoms with Gasteiger partial charge in [0.1, 0.15) is 0 Å². The summed E-state index contributed by atoms with van der Waals surface area (Å²) in [5.74, 6) is 0. The zero-order chi connectivity index (χ0) is 10.1. The molecule has 1 heterocycles. The van der Waals surface area contributed by atoms with Gasteiger partial charge in [0.05, 0.1) is 47.4 Å². The Morgan fingerprint density at radius 3 is 2.38 bits per heavy atom. The number of alkyl carbamates (subject to hydrolysis) is 1. The molecule has 0 saturated carbocycles. The van der Waals surface area contributed by atoms with Crippen LogP contribution in [0.3, 0.4) is 0 Å². The van der Waals surface area contributed by atoms with E-state index in [-0.39, 0.29) is 12.1 Å². The summed E-state index contributed by atoms with van der Waals surface area (Å²) in [5.41, 5.74) is 0. The van der Waals surface area contributed by atoms with Gasteiger partial charge in [0.2, 0.25) is 0 Å². The molecule has 1 rings (SSSR count). The predicted molar refractivity (Wildman–Crippen MR) is 48.9 cm³/mol. The first-order valence-corrected chi connectivity index (χ1v) is 4.35. The number of nitrogens with zero attached hydrogens (tertiary/aromatic N) is 2. The molecule has 5 nitrogen and oxygen atoms in total. The molecule has 0 aromatic rings.